The zero-order valence-corrected chi connectivity index (χ0v) is 13.8. The maximum atomic E-state index is 11.6. The van der Waals surface area contributed by atoms with Gasteiger partial charge in [0.15, 0.2) is 0 Å². The summed E-state index contributed by atoms with van der Waals surface area (Å²) in [5, 5.41) is 0. The van der Waals surface area contributed by atoms with E-state index in [0.29, 0.717) is 13.2 Å². The lowest BCUT2D eigenvalue weighted by Gasteiger charge is -2.13. The van der Waals surface area contributed by atoms with Crippen LogP contribution in [0.4, 0.5) is 0 Å². The molecule has 1 atom stereocenters. The van der Waals surface area contributed by atoms with E-state index in [4.69, 9.17) is 9.47 Å². The van der Waals surface area contributed by atoms with Gasteiger partial charge >= 0.3 is 5.97 Å². The van der Waals surface area contributed by atoms with Crippen LogP contribution in [0.25, 0.3) is 0 Å². The SMILES string of the molecule is CCCCCCCCCCOCC(CC)C(=O)OCC. The van der Waals surface area contributed by atoms with Gasteiger partial charge in [0.2, 0.25) is 0 Å². The molecule has 0 rings (SSSR count). The number of hydrogen-bond acceptors (Lipinski definition) is 3. The van der Waals surface area contributed by atoms with Crippen LogP contribution in [0.1, 0.15) is 78.6 Å². The Bertz CT molecular complexity index is 216. The van der Waals surface area contributed by atoms with Gasteiger partial charge in [0.05, 0.1) is 19.1 Å². The largest absolute Gasteiger partial charge is 0.466 e. The highest BCUT2D eigenvalue weighted by Crippen LogP contribution is 2.10. The quantitative estimate of drug-likeness (QED) is 0.342. The maximum Gasteiger partial charge on any atom is 0.311 e. The first kappa shape index (κ1) is 19.4. The van der Waals surface area contributed by atoms with Gasteiger partial charge in [0.25, 0.3) is 0 Å². The monoisotopic (exact) mass is 286 g/mol. The summed E-state index contributed by atoms with van der Waals surface area (Å²) in [6.45, 7) is 7.81. The lowest BCUT2D eigenvalue weighted by atomic mass is 10.1. The van der Waals surface area contributed by atoms with Gasteiger partial charge in [-0.3, -0.25) is 4.79 Å². The molecule has 0 aliphatic rings. The van der Waals surface area contributed by atoms with Gasteiger partial charge in [-0.15, -0.1) is 0 Å². The third-order valence-corrected chi connectivity index (χ3v) is 3.57. The molecule has 0 bridgehead atoms. The van der Waals surface area contributed by atoms with Gasteiger partial charge in [-0.25, -0.2) is 0 Å². The Morgan fingerprint density at radius 2 is 1.50 bits per heavy atom. The summed E-state index contributed by atoms with van der Waals surface area (Å²) in [4.78, 5) is 11.6. The van der Waals surface area contributed by atoms with E-state index in [9.17, 15) is 4.79 Å². The van der Waals surface area contributed by atoms with E-state index in [1.165, 1.54) is 44.9 Å². The minimum absolute atomic E-state index is 0.0935. The van der Waals surface area contributed by atoms with Crippen molar-refractivity contribution < 1.29 is 14.3 Å². The molecule has 3 heteroatoms. The molecule has 0 saturated carbocycles. The maximum absolute atomic E-state index is 11.6. The number of hydrogen-bond donors (Lipinski definition) is 0. The molecular weight excluding hydrogens is 252 g/mol. The fourth-order valence-electron chi connectivity index (χ4n) is 2.18. The van der Waals surface area contributed by atoms with Gasteiger partial charge in [0.1, 0.15) is 0 Å². The Balaban J connectivity index is 3.35. The van der Waals surface area contributed by atoms with Crippen LogP contribution in [0.2, 0.25) is 0 Å². The second kappa shape index (κ2) is 14.8. The number of rotatable bonds is 14. The average molecular weight is 286 g/mol. The summed E-state index contributed by atoms with van der Waals surface area (Å²) in [6.07, 6.45) is 11.2. The van der Waals surface area contributed by atoms with Crippen LogP contribution in [-0.4, -0.2) is 25.8 Å². The smallest absolute Gasteiger partial charge is 0.311 e. The molecule has 20 heavy (non-hydrogen) atoms. The summed E-state index contributed by atoms with van der Waals surface area (Å²) < 4.78 is 10.6. The number of carbonyl (C=O) groups is 1. The Morgan fingerprint density at radius 3 is 2.05 bits per heavy atom. The van der Waals surface area contributed by atoms with E-state index in [0.717, 1.165) is 19.4 Å². The predicted molar refractivity (Wildman–Crippen MR) is 83.8 cm³/mol. The summed E-state index contributed by atoms with van der Waals surface area (Å²) >= 11 is 0. The highest BCUT2D eigenvalue weighted by Gasteiger charge is 2.17. The Hall–Kier alpha value is -0.570. The molecule has 0 radical (unpaired) electrons. The molecule has 0 aliphatic carbocycles. The third kappa shape index (κ3) is 11.3. The highest BCUT2D eigenvalue weighted by atomic mass is 16.5. The van der Waals surface area contributed by atoms with Crippen LogP contribution in [-0.2, 0) is 14.3 Å². The van der Waals surface area contributed by atoms with Crippen molar-refractivity contribution in [2.24, 2.45) is 5.92 Å². The van der Waals surface area contributed by atoms with Gasteiger partial charge in [0, 0.05) is 6.61 Å². The Labute approximate surface area is 125 Å². The zero-order valence-electron chi connectivity index (χ0n) is 13.8. The number of unbranched alkanes of at least 4 members (excludes halogenated alkanes) is 7. The van der Waals surface area contributed by atoms with Gasteiger partial charge in [-0.2, -0.15) is 0 Å². The summed E-state index contributed by atoms with van der Waals surface area (Å²) in [6, 6.07) is 0. The van der Waals surface area contributed by atoms with Crippen molar-refractivity contribution in [2.45, 2.75) is 78.6 Å². The van der Waals surface area contributed by atoms with E-state index in [2.05, 4.69) is 6.92 Å². The summed E-state index contributed by atoms with van der Waals surface area (Å²) in [7, 11) is 0. The molecule has 0 fully saturated rings. The van der Waals surface area contributed by atoms with Crippen molar-refractivity contribution in [3.63, 3.8) is 0 Å². The zero-order chi connectivity index (χ0) is 15.1. The molecule has 0 aromatic heterocycles. The van der Waals surface area contributed by atoms with Crippen molar-refractivity contribution in [1.82, 2.24) is 0 Å². The molecular formula is C17H34O3. The number of esters is 1. The molecule has 1 unspecified atom stereocenters. The molecule has 0 aliphatic heterocycles. The van der Waals surface area contributed by atoms with Crippen LogP contribution in [0.3, 0.4) is 0 Å². The van der Waals surface area contributed by atoms with E-state index in [1.54, 1.807) is 0 Å². The van der Waals surface area contributed by atoms with Crippen LogP contribution < -0.4 is 0 Å². The summed E-state index contributed by atoms with van der Waals surface area (Å²) in [5.74, 6) is -0.213. The molecule has 0 saturated heterocycles. The van der Waals surface area contributed by atoms with E-state index in [1.807, 2.05) is 13.8 Å². The fraction of sp³-hybridized carbons (Fsp3) is 0.941. The fourth-order valence-corrected chi connectivity index (χ4v) is 2.18. The van der Waals surface area contributed by atoms with Crippen LogP contribution in [0, 0.1) is 5.92 Å². The van der Waals surface area contributed by atoms with Crippen molar-refractivity contribution in [2.75, 3.05) is 19.8 Å². The summed E-state index contributed by atoms with van der Waals surface area (Å²) in [5.41, 5.74) is 0. The topological polar surface area (TPSA) is 35.5 Å². The third-order valence-electron chi connectivity index (χ3n) is 3.57. The normalized spacial score (nSPS) is 12.3. The minimum Gasteiger partial charge on any atom is -0.466 e. The molecule has 3 nitrogen and oxygen atoms in total. The highest BCUT2D eigenvalue weighted by molar-refractivity contribution is 5.72. The molecule has 0 heterocycles. The standard InChI is InChI=1S/C17H34O3/c1-4-7-8-9-10-11-12-13-14-19-15-16(5-2)17(18)20-6-3/h16H,4-15H2,1-3H3. The molecule has 0 spiro atoms. The molecule has 0 aromatic carbocycles. The van der Waals surface area contributed by atoms with Crippen LogP contribution in [0.15, 0.2) is 0 Å². The first-order chi connectivity index (χ1) is 9.76. The minimum atomic E-state index is -0.120. The number of carbonyl (C=O) groups excluding carboxylic acids is 1. The lowest BCUT2D eigenvalue weighted by Crippen LogP contribution is -2.22. The molecule has 0 N–H and O–H groups in total. The predicted octanol–water partition coefficient (Wildman–Crippen LogP) is 4.73. The van der Waals surface area contributed by atoms with Crippen LogP contribution in [0.5, 0.6) is 0 Å². The van der Waals surface area contributed by atoms with Crippen molar-refractivity contribution >= 4 is 5.97 Å². The first-order valence-corrected chi connectivity index (χ1v) is 8.50. The first-order valence-electron chi connectivity index (χ1n) is 8.50. The van der Waals surface area contributed by atoms with Crippen molar-refractivity contribution in [3.05, 3.63) is 0 Å². The number of ether oxygens (including phenoxy) is 2. The molecule has 0 aromatic rings. The van der Waals surface area contributed by atoms with E-state index < -0.39 is 0 Å². The van der Waals surface area contributed by atoms with Crippen LogP contribution >= 0.6 is 0 Å². The second-order valence-corrected chi connectivity index (χ2v) is 5.41. The van der Waals surface area contributed by atoms with E-state index in [-0.39, 0.29) is 11.9 Å². The lowest BCUT2D eigenvalue weighted by molar-refractivity contribution is -0.150. The van der Waals surface area contributed by atoms with Gasteiger partial charge in [-0.05, 0) is 19.8 Å². The van der Waals surface area contributed by atoms with Gasteiger partial charge in [-0.1, -0.05) is 58.8 Å². The average Bonchev–Trinajstić information content (AvgIpc) is 2.45. The Morgan fingerprint density at radius 1 is 0.900 bits per heavy atom. The van der Waals surface area contributed by atoms with Gasteiger partial charge < -0.3 is 9.47 Å². The van der Waals surface area contributed by atoms with Crippen molar-refractivity contribution in [1.29, 1.82) is 0 Å². The van der Waals surface area contributed by atoms with Crippen molar-refractivity contribution in [3.8, 4) is 0 Å². The molecule has 120 valence electrons. The van der Waals surface area contributed by atoms with E-state index >= 15 is 0 Å². The Kier molecular flexibility index (Phi) is 14.4. The molecule has 0 amide bonds. The second-order valence-electron chi connectivity index (χ2n) is 5.41.